The van der Waals surface area contributed by atoms with Gasteiger partial charge in [0.25, 0.3) is 0 Å². The summed E-state index contributed by atoms with van der Waals surface area (Å²) in [6.45, 7) is 7.21. The van der Waals surface area contributed by atoms with E-state index in [9.17, 15) is 0 Å². The molecule has 1 unspecified atom stereocenters. The minimum Gasteiger partial charge on any atom is -0.313 e. The van der Waals surface area contributed by atoms with Crippen LogP contribution in [0.2, 0.25) is 0 Å². The number of aromatic nitrogens is 4. The summed E-state index contributed by atoms with van der Waals surface area (Å²) in [6, 6.07) is 0.238. The molecule has 6 heteroatoms. The van der Waals surface area contributed by atoms with Crippen molar-refractivity contribution in [2.75, 3.05) is 7.05 Å². The van der Waals surface area contributed by atoms with Crippen LogP contribution in [0.15, 0.2) is 10.7 Å². The quantitative estimate of drug-likeness (QED) is 0.868. The van der Waals surface area contributed by atoms with Crippen molar-refractivity contribution in [3.8, 4) is 0 Å². The molecular formula is C15H24BrN5. The monoisotopic (exact) mass is 353 g/mol. The van der Waals surface area contributed by atoms with E-state index in [1.807, 2.05) is 18.8 Å². The lowest BCUT2D eigenvalue weighted by atomic mass is 10.0. The Labute approximate surface area is 134 Å². The Morgan fingerprint density at radius 3 is 2.52 bits per heavy atom. The summed E-state index contributed by atoms with van der Waals surface area (Å²) in [5.74, 6) is 0. The van der Waals surface area contributed by atoms with Crippen LogP contribution < -0.4 is 5.32 Å². The van der Waals surface area contributed by atoms with Crippen molar-refractivity contribution in [1.82, 2.24) is 24.9 Å². The molecule has 0 radical (unpaired) electrons. The summed E-state index contributed by atoms with van der Waals surface area (Å²) in [5.41, 5.74) is 4.70. The van der Waals surface area contributed by atoms with Gasteiger partial charge in [-0.1, -0.05) is 6.92 Å². The number of nitrogens with one attached hydrogen (secondary N) is 1. The van der Waals surface area contributed by atoms with Gasteiger partial charge in [0.2, 0.25) is 0 Å². The van der Waals surface area contributed by atoms with E-state index >= 15 is 0 Å². The van der Waals surface area contributed by atoms with Gasteiger partial charge in [-0.3, -0.25) is 9.36 Å². The molecular weight excluding hydrogens is 330 g/mol. The normalized spacial score (nSPS) is 12.9. The van der Waals surface area contributed by atoms with Gasteiger partial charge < -0.3 is 5.32 Å². The topological polar surface area (TPSA) is 47.7 Å². The van der Waals surface area contributed by atoms with Crippen LogP contribution in [0.1, 0.15) is 42.5 Å². The van der Waals surface area contributed by atoms with Crippen LogP contribution in [0, 0.1) is 6.92 Å². The van der Waals surface area contributed by atoms with E-state index in [4.69, 9.17) is 0 Å². The third-order valence-electron chi connectivity index (χ3n) is 3.87. The maximum absolute atomic E-state index is 4.68. The molecule has 5 nitrogen and oxygen atoms in total. The van der Waals surface area contributed by atoms with E-state index in [1.54, 1.807) is 0 Å². The van der Waals surface area contributed by atoms with Gasteiger partial charge in [0.1, 0.15) is 0 Å². The standard InChI is InChI=1S/C15H24BrN5/c1-6-12-15(16)14(21(7-2)19-12)8-13(17-4)11-9-20(5)18-10(11)3/h9,13,17H,6-8H2,1-5H3. The maximum atomic E-state index is 4.68. The van der Waals surface area contributed by atoms with Crippen LogP contribution in [0.4, 0.5) is 0 Å². The Bertz CT molecular complexity index is 614. The number of halogens is 1. The molecule has 0 saturated carbocycles. The van der Waals surface area contributed by atoms with Gasteiger partial charge in [-0.05, 0) is 43.2 Å². The molecule has 0 spiro atoms. The van der Waals surface area contributed by atoms with Crippen LogP contribution in [0.5, 0.6) is 0 Å². The molecule has 0 aliphatic rings. The number of likely N-dealkylation sites (N-methyl/N-ethyl adjacent to an activating group) is 1. The zero-order valence-electron chi connectivity index (χ0n) is 13.4. The Morgan fingerprint density at radius 1 is 1.33 bits per heavy atom. The van der Waals surface area contributed by atoms with E-state index in [-0.39, 0.29) is 6.04 Å². The van der Waals surface area contributed by atoms with E-state index in [0.29, 0.717) is 0 Å². The third kappa shape index (κ3) is 3.21. The van der Waals surface area contributed by atoms with Gasteiger partial charge in [0.05, 0.1) is 21.6 Å². The summed E-state index contributed by atoms with van der Waals surface area (Å²) in [7, 11) is 3.96. The molecule has 0 amide bonds. The zero-order chi connectivity index (χ0) is 15.6. The van der Waals surface area contributed by atoms with Crippen LogP contribution in [0.25, 0.3) is 0 Å². The molecule has 2 aromatic rings. The lowest BCUT2D eigenvalue weighted by Gasteiger charge is -2.16. The average Bonchev–Trinajstić information content (AvgIpc) is 2.95. The summed E-state index contributed by atoms with van der Waals surface area (Å²) in [6.07, 6.45) is 3.93. The van der Waals surface area contributed by atoms with Crippen molar-refractivity contribution in [2.24, 2.45) is 7.05 Å². The summed E-state index contributed by atoms with van der Waals surface area (Å²) < 4.78 is 5.12. The fraction of sp³-hybridized carbons (Fsp3) is 0.600. The highest BCUT2D eigenvalue weighted by Crippen LogP contribution is 2.28. The van der Waals surface area contributed by atoms with Gasteiger partial charge in [-0.2, -0.15) is 10.2 Å². The SMILES string of the molecule is CCc1nn(CC)c(CC(NC)c2cn(C)nc2C)c1Br. The molecule has 2 rings (SSSR count). The van der Waals surface area contributed by atoms with Crippen molar-refractivity contribution in [3.63, 3.8) is 0 Å². The van der Waals surface area contributed by atoms with Crippen LogP contribution >= 0.6 is 15.9 Å². The molecule has 0 bridgehead atoms. The fourth-order valence-electron chi connectivity index (χ4n) is 2.73. The smallest absolute Gasteiger partial charge is 0.0766 e. The molecule has 116 valence electrons. The van der Waals surface area contributed by atoms with Gasteiger partial charge in [-0.25, -0.2) is 0 Å². The highest BCUT2D eigenvalue weighted by Gasteiger charge is 2.21. The second-order valence-electron chi connectivity index (χ2n) is 5.27. The summed E-state index contributed by atoms with van der Waals surface area (Å²) in [4.78, 5) is 0. The molecule has 0 aliphatic heterocycles. The first kappa shape index (κ1) is 16.2. The molecule has 21 heavy (non-hydrogen) atoms. The van der Waals surface area contributed by atoms with Crippen LogP contribution in [-0.4, -0.2) is 26.6 Å². The Morgan fingerprint density at radius 2 is 2.05 bits per heavy atom. The van der Waals surface area contributed by atoms with E-state index in [0.717, 1.165) is 35.2 Å². The lowest BCUT2D eigenvalue weighted by Crippen LogP contribution is -2.21. The van der Waals surface area contributed by atoms with Crippen LogP contribution in [0.3, 0.4) is 0 Å². The fourth-order valence-corrected chi connectivity index (χ4v) is 3.46. The first-order chi connectivity index (χ1) is 10.0. The molecule has 0 aromatic carbocycles. The number of nitrogens with zero attached hydrogens (tertiary/aromatic N) is 4. The molecule has 1 N–H and O–H groups in total. The Balaban J connectivity index is 2.35. The minimum atomic E-state index is 0.238. The molecule has 0 fully saturated rings. The highest BCUT2D eigenvalue weighted by molar-refractivity contribution is 9.10. The third-order valence-corrected chi connectivity index (χ3v) is 4.78. The second-order valence-corrected chi connectivity index (χ2v) is 6.06. The first-order valence-corrected chi connectivity index (χ1v) is 8.22. The number of rotatable bonds is 6. The largest absolute Gasteiger partial charge is 0.313 e. The Kier molecular flexibility index (Phi) is 5.22. The molecule has 2 aromatic heterocycles. The summed E-state index contributed by atoms with van der Waals surface area (Å²) >= 11 is 3.73. The van der Waals surface area contributed by atoms with Crippen molar-refractivity contribution < 1.29 is 0 Å². The van der Waals surface area contributed by atoms with Crippen molar-refractivity contribution in [2.45, 2.75) is 46.2 Å². The van der Waals surface area contributed by atoms with Crippen molar-refractivity contribution in [1.29, 1.82) is 0 Å². The summed E-state index contributed by atoms with van der Waals surface area (Å²) in [5, 5.41) is 12.5. The minimum absolute atomic E-state index is 0.238. The predicted octanol–water partition coefficient (Wildman–Crippen LogP) is 2.77. The van der Waals surface area contributed by atoms with E-state index in [1.165, 1.54) is 11.3 Å². The molecule has 1 atom stereocenters. The van der Waals surface area contributed by atoms with Gasteiger partial charge in [0, 0.05) is 37.8 Å². The number of aryl methyl sites for hydroxylation is 4. The lowest BCUT2D eigenvalue weighted by molar-refractivity contribution is 0.537. The maximum Gasteiger partial charge on any atom is 0.0766 e. The van der Waals surface area contributed by atoms with Gasteiger partial charge in [-0.15, -0.1) is 0 Å². The van der Waals surface area contributed by atoms with Crippen LogP contribution in [-0.2, 0) is 26.4 Å². The van der Waals surface area contributed by atoms with Gasteiger partial charge in [0.15, 0.2) is 0 Å². The number of hydrogen-bond acceptors (Lipinski definition) is 3. The first-order valence-electron chi connectivity index (χ1n) is 7.43. The van der Waals surface area contributed by atoms with E-state index in [2.05, 4.69) is 63.1 Å². The number of hydrogen-bond donors (Lipinski definition) is 1. The van der Waals surface area contributed by atoms with Crippen molar-refractivity contribution in [3.05, 3.63) is 33.3 Å². The Hall–Kier alpha value is -1.14. The second kappa shape index (κ2) is 6.75. The highest BCUT2D eigenvalue weighted by atomic mass is 79.9. The zero-order valence-corrected chi connectivity index (χ0v) is 15.0. The average molecular weight is 354 g/mol. The molecule has 0 saturated heterocycles. The molecule has 2 heterocycles. The van der Waals surface area contributed by atoms with Crippen molar-refractivity contribution >= 4 is 15.9 Å². The molecule has 0 aliphatic carbocycles. The van der Waals surface area contributed by atoms with Gasteiger partial charge >= 0.3 is 0 Å². The van der Waals surface area contributed by atoms with E-state index < -0.39 is 0 Å². The predicted molar refractivity (Wildman–Crippen MR) is 88.4 cm³/mol.